The zero-order valence-electron chi connectivity index (χ0n) is 20.4. The number of aliphatic hydroxyl groups is 1. The van der Waals surface area contributed by atoms with Crippen molar-refractivity contribution in [1.29, 1.82) is 0 Å². The van der Waals surface area contributed by atoms with Crippen molar-refractivity contribution >= 4 is 17.5 Å². The summed E-state index contributed by atoms with van der Waals surface area (Å²) < 4.78 is 28.0. The SMILES string of the molecule is C[C@H](C[C@H](O)[C@@H](N)CN1CC(=O)N(c2cccc(F)c2F)CC1(C)C)C(=O)NC1CCCCC1. The van der Waals surface area contributed by atoms with Crippen molar-refractivity contribution in [2.45, 2.75) is 83.0 Å². The number of benzene rings is 1. The molecule has 1 heterocycles. The standard InChI is InChI=1S/C25H38F2N4O3/c1-16(24(34)29-17-8-5-4-6-9-17)12-21(32)19(28)13-30-14-22(33)31(15-25(30,2)3)20-11-7-10-18(26)23(20)27/h7,10-11,16-17,19,21,32H,4-6,8-9,12-15,28H2,1-3H3,(H,29,34)/t16-,19+,21+/m1/s1. The van der Waals surface area contributed by atoms with Crippen LogP contribution in [0.2, 0.25) is 0 Å². The molecule has 1 aromatic rings. The molecule has 0 aromatic heterocycles. The van der Waals surface area contributed by atoms with E-state index >= 15 is 0 Å². The first kappa shape index (κ1) is 26.5. The number of hydrogen-bond donors (Lipinski definition) is 3. The molecule has 7 nitrogen and oxygen atoms in total. The largest absolute Gasteiger partial charge is 0.391 e. The monoisotopic (exact) mass is 480 g/mol. The molecular formula is C25H38F2N4O3. The van der Waals surface area contributed by atoms with Gasteiger partial charge < -0.3 is 21.1 Å². The van der Waals surface area contributed by atoms with Gasteiger partial charge in [-0.05, 0) is 45.2 Å². The number of piperazine rings is 1. The highest BCUT2D eigenvalue weighted by molar-refractivity contribution is 5.96. The summed E-state index contributed by atoms with van der Waals surface area (Å²) in [7, 11) is 0. The Labute approximate surface area is 200 Å². The number of carbonyl (C=O) groups is 2. The van der Waals surface area contributed by atoms with Crippen LogP contribution in [-0.2, 0) is 9.59 Å². The van der Waals surface area contributed by atoms with Gasteiger partial charge in [0.05, 0.1) is 18.3 Å². The lowest BCUT2D eigenvalue weighted by molar-refractivity contribution is -0.126. The fraction of sp³-hybridized carbons (Fsp3) is 0.680. The summed E-state index contributed by atoms with van der Waals surface area (Å²) in [5.74, 6) is -2.87. The fourth-order valence-electron chi connectivity index (χ4n) is 4.88. The van der Waals surface area contributed by atoms with E-state index in [1.807, 2.05) is 18.7 Å². The first-order chi connectivity index (χ1) is 16.0. The number of nitrogens with zero attached hydrogens (tertiary/aromatic N) is 2. The molecule has 0 unspecified atom stereocenters. The van der Waals surface area contributed by atoms with Gasteiger partial charge in [-0.3, -0.25) is 14.5 Å². The molecule has 0 spiro atoms. The van der Waals surface area contributed by atoms with E-state index in [4.69, 9.17) is 5.73 Å². The molecule has 3 atom stereocenters. The van der Waals surface area contributed by atoms with Crippen LogP contribution in [0.15, 0.2) is 18.2 Å². The predicted octanol–water partition coefficient (Wildman–Crippen LogP) is 2.56. The van der Waals surface area contributed by atoms with E-state index in [9.17, 15) is 23.5 Å². The lowest BCUT2D eigenvalue weighted by Crippen LogP contribution is -2.64. The van der Waals surface area contributed by atoms with E-state index in [0.29, 0.717) is 0 Å². The Hall–Kier alpha value is -2.10. The minimum atomic E-state index is -1.05. The number of carbonyl (C=O) groups excluding carboxylic acids is 2. The Morgan fingerprint density at radius 3 is 2.62 bits per heavy atom. The molecule has 9 heteroatoms. The lowest BCUT2D eigenvalue weighted by Gasteiger charge is -2.47. The average Bonchev–Trinajstić information content (AvgIpc) is 2.78. The van der Waals surface area contributed by atoms with Crippen LogP contribution in [-0.4, -0.2) is 65.2 Å². The van der Waals surface area contributed by atoms with Crippen LogP contribution in [0.1, 0.15) is 59.3 Å². The number of nitrogens with two attached hydrogens (primary N) is 1. The average molecular weight is 481 g/mol. The summed E-state index contributed by atoms with van der Waals surface area (Å²) in [5.41, 5.74) is 5.61. The second kappa shape index (κ2) is 11.1. The summed E-state index contributed by atoms with van der Waals surface area (Å²) in [6.45, 7) is 5.91. The Kier molecular flexibility index (Phi) is 8.65. The van der Waals surface area contributed by atoms with Crippen molar-refractivity contribution in [3.63, 3.8) is 0 Å². The smallest absolute Gasteiger partial charge is 0.241 e. The molecular weight excluding hydrogens is 442 g/mol. The maximum Gasteiger partial charge on any atom is 0.241 e. The van der Waals surface area contributed by atoms with E-state index < -0.39 is 29.3 Å². The summed E-state index contributed by atoms with van der Waals surface area (Å²) in [4.78, 5) is 28.5. The molecule has 4 N–H and O–H groups in total. The van der Waals surface area contributed by atoms with E-state index in [1.54, 1.807) is 6.92 Å². The summed E-state index contributed by atoms with van der Waals surface area (Å²) >= 11 is 0. The van der Waals surface area contributed by atoms with Gasteiger partial charge in [-0.1, -0.05) is 32.3 Å². The molecule has 2 aliphatic rings. The molecule has 1 aliphatic carbocycles. The molecule has 2 fully saturated rings. The van der Waals surface area contributed by atoms with Gasteiger partial charge in [0.25, 0.3) is 0 Å². The molecule has 190 valence electrons. The lowest BCUT2D eigenvalue weighted by atomic mass is 9.92. The van der Waals surface area contributed by atoms with Crippen LogP contribution >= 0.6 is 0 Å². The normalized spacial score (nSPS) is 22.3. The van der Waals surface area contributed by atoms with Crippen molar-refractivity contribution in [2.75, 3.05) is 24.5 Å². The molecule has 2 amide bonds. The maximum absolute atomic E-state index is 14.3. The highest BCUT2D eigenvalue weighted by Gasteiger charge is 2.40. The minimum absolute atomic E-state index is 0.0406. The van der Waals surface area contributed by atoms with Gasteiger partial charge in [0.1, 0.15) is 0 Å². The van der Waals surface area contributed by atoms with E-state index in [1.165, 1.54) is 23.5 Å². The van der Waals surface area contributed by atoms with Crippen molar-refractivity contribution in [1.82, 2.24) is 10.2 Å². The first-order valence-corrected chi connectivity index (χ1v) is 12.2. The van der Waals surface area contributed by atoms with Gasteiger partial charge >= 0.3 is 0 Å². The molecule has 1 saturated carbocycles. The fourth-order valence-corrected chi connectivity index (χ4v) is 4.88. The Morgan fingerprint density at radius 1 is 1.26 bits per heavy atom. The van der Waals surface area contributed by atoms with Crippen LogP contribution in [0.3, 0.4) is 0 Å². The zero-order valence-corrected chi connectivity index (χ0v) is 20.4. The topological polar surface area (TPSA) is 98.9 Å². The number of nitrogens with one attached hydrogen (secondary N) is 1. The number of hydrogen-bond acceptors (Lipinski definition) is 5. The van der Waals surface area contributed by atoms with Gasteiger partial charge in [-0.15, -0.1) is 0 Å². The van der Waals surface area contributed by atoms with Crippen molar-refractivity contribution in [3.8, 4) is 0 Å². The predicted molar refractivity (Wildman–Crippen MR) is 127 cm³/mol. The first-order valence-electron chi connectivity index (χ1n) is 12.2. The van der Waals surface area contributed by atoms with Crippen molar-refractivity contribution in [2.24, 2.45) is 11.7 Å². The quantitative estimate of drug-likeness (QED) is 0.531. The van der Waals surface area contributed by atoms with Gasteiger partial charge in [0.15, 0.2) is 11.6 Å². The van der Waals surface area contributed by atoms with Crippen molar-refractivity contribution in [3.05, 3.63) is 29.8 Å². The number of halogens is 2. The van der Waals surface area contributed by atoms with Crippen LogP contribution in [0.4, 0.5) is 14.5 Å². The van der Waals surface area contributed by atoms with Crippen LogP contribution in [0, 0.1) is 17.6 Å². The minimum Gasteiger partial charge on any atom is -0.391 e. The zero-order chi connectivity index (χ0) is 25.0. The molecule has 3 rings (SSSR count). The summed E-state index contributed by atoms with van der Waals surface area (Å²) in [6, 6.07) is 3.31. The van der Waals surface area contributed by atoms with Gasteiger partial charge in [0.2, 0.25) is 11.8 Å². The third kappa shape index (κ3) is 6.31. The molecule has 1 aliphatic heterocycles. The molecule has 0 radical (unpaired) electrons. The summed E-state index contributed by atoms with van der Waals surface area (Å²) in [5, 5.41) is 13.8. The van der Waals surface area contributed by atoms with Crippen LogP contribution < -0.4 is 16.0 Å². The van der Waals surface area contributed by atoms with E-state index in [0.717, 1.165) is 31.7 Å². The highest BCUT2D eigenvalue weighted by Crippen LogP contribution is 2.29. The third-order valence-corrected chi connectivity index (χ3v) is 7.17. The number of aliphatic hydroxyl groups excluding tert-OH is 1. The van der Waals surface area contributed by atoms with Crippen molar-refractivity contribution < 1.29 is 23.5 Å². The molecule has 34 heavy (non-hydrogen) atoms. The van der Waals surface area contributed by atoms with E-state index in [-0.39, 0.29) is 55.5 Å². The summed E-state index contributed by atoms with van der Waals surface area (Å²) in [6.07, 6.45) is 4.75. The van der Waals surface area contributed by atoms with Crippen LogP contribution in [0.25, 0.3) is 0 Å². The number of amides is 2. The number of rotatable bonds is 8. The van der Waals surface area contributed by atoms with Crippen LogP contribution in [0.5, 0.6) is 0 Å². The molecule has 1 saturated heterocycles. The maximum atomic E-state index is 14.3. The Balaban J connectivity index is 1.56. The van der Waals surface area contributed by atoms with E-state index in [2.05, 4.69) is 5.32 Å². The Bertz CT molecular complexity index is 876. The molecule has 0 bridgehead atoms. The van der Waals surface area contributed by atoms with Gasteiger partial charge in [-0.2, -0.15) is 0 Å². The second-order valence-electron chi connectivity index (χ2n) is 10.5. The highest BCUT2D eigenvalue weighted by atomic mass is 19.2. The van der Waals surface area contributed by atoms with Gasteiger partial charge in [0, 0.05) is 36.6 Å². The Morgan fingerprint density at radius 2 is 1.94 bits per heavy atom. The number of anilines is 1. The second-order valence-corrected chi connectivity index (χ2v) is 10.5. The molecule has 1 aromatic carbocycles. The third-order valence-electron chi connectivity index (χ3n) is 7.17. The van der Waals surface area contributed by atoms with Gasteiger partial charge in [-0.25, -0.2) is 8.78 Å².